The Morgan fingerprint density at radius 1 is 1.23 bits per heavy atom. The summed E-state index contributed by atoms with van der Waals surface area (Å²) in [7, 11) is 0. The molecule has 2 heterocycles. The standard InChI is InChI=1S/C19H22N4O3/c1-2-26-18-6-4-3-5-16(18)21-19(25)17-13-15(7-8-20-17)23-11-9-22(14-24)10-12-23/h3-8,13-14H,2,9-12H2,1H3,(H,21,25). The van der Waals surface area contributed by atoms with Gasteiger partial charge in [0.1, 0.15) is 11.4 Å². The van der Waals surface area contributed by atoms with E-state index in [0.717, 1.165) is 25.2 Å². The summed E-state index contributed by atoms with van der Waals surface area (Å²) < 4.78 is 5.54. The summed E-state index contributed by atoms with van der Waals surface area (Å²) in [5, 5.41) is 2.86. The van der Waals surface area contributed by atoms with Crippen LogP contribution in [0.5, 0.6) is 5.75 Å². The number of para-hydroxylation sites is 2. The lowest BCUT2D eigenvalue weighted by atomic mass is 10.2. The normalized spacial score (nSPS) is 14.0. The van der Waals surface area contributed by atoms with Gasteiger partial charge >= 0.3 is 0 Å². The molecule has 1 saturated heterocycles. The Kier molecular flexibility index (Phi) is 5.68. The van der Waals surface area contributed by atoms with E-state index in [2.05, 4.69) is 15.2 Å². The summed E-state index contributed by atoms with van der Waals surface area (Å²) in [5.41, 5.74) is 1.88. The number of benzene rings is 1. The van der Waals surface area contributed by atoms with Crippen LogP contribution < -0.4 is 15.0 Å². The molecule has 0 aliphatic carbocycles. The second-order valence-corrected chi connectivity index (χ2v) is 5.91. The molecule has 1 fully saturated rings. The maximum Gasteiger partial charge on any atom is 0.274 e. The SMILES string of the molecule is CCOc1ccccc1NC(=O)c1cc(N2CCN(C=O)CC2)ccn1. The van der Waals surface area contributed by atoms with Gasteiger partial charge < -0.3 is 19.9 Å². The molecule has 3 rings (SSSR count). The molecule has 1 aromatic heterocycles. The fraction of sp³-hybridized carbons (Fsp3) is 0.316. The second-order valence-electron chi connectivity index (χ2n) is 5.91. The number of carbonyl (C=O) groups is 2. The van der Waals surface area contributed by atoms with Crippen molar-refractivity contribution in [3.63, 3.8) is 0 Å². The molecule has 0 spiro atoms. The Morgan fingerprint density at radius 3 is 2.73 bits per heavy atom. The zero-order valence-corrected chi connectivity index (χ0v) is 14.7. The van der Waals surface area contributed by atoms with Crippen LogP contribution in [-0.2, 0) is 4.79 Å². The van der Waals surface area contributed by atoms with Gasteiger partial charge in [0.25, 0.3) is 5.91 Å². The molecule has 0 saturated carbocycles. The van der Waals surface area contributed by atoms with E-state index in [0.29, 0.717) is 36.8 Å². The summed E-state index contributed by atoms with van der Waals surface area (Å²) in [6, 6.07) is 11.0. The van der Waals surface area contributed by atoms with Crippen molar-refractivity contribution in [1.82, 2.24) is 9.88 Å². The molecule has 0 atom stereocenters. The lowest BCUT2D eigenvalue weighted by molar-refractivity contribution is -0.118. The number of nitrogens with one attached hydrogen (secondary N) is 1. The van der Waals surface area contributed by atoms with Crippen LogP contribution in [0, 0.1) is 0 Å². The van der Waals surface area contributed by atoms with Crippen LogP contribution in [0.2, 0.25) is 0 Å². The van der Waals surface area contributed by atoms with Gasteiger partial charge in [-0.15, -0.1) is 0 Å². The lowest BCUT2D eigenvalue weighted by Crippen LogP contribution is -2.45. The minimum absolute atomic E-state index is 0.287. The average molecular weight is 354 g/mol. The Bertz CT molecular complexity index is 773. The third kappa shape index (κ3) is 4.11. The van der Waals surface area contributed by atoms with Crippen molar-refractivity contribution in [2.24, 2.45) is 0 Å². The first-order valence-corrected chi connectivity index (χ1v) is 8.64. The maximum absolute atomic E-state index is 12.6. The summed E-state index contributed by atoms with van der Waals surface area (Å²) in [4.78, 5) is 31.5. The fourth-order valence-electron chi connectivity index (χ4n) is 2.86. The monoisotopic (exact) mass is 354 g/mol. The van der Waals surface area contributed by atoms with Crippen molar-refractivity contribution in [1.29, 1.82) is 0 Å². The van der Waals surface area contributed by atoms with Gasteiger partial charge in [0.05, 0.1) is 12.3 Å². The predicted octanol–water partition coefficient (Wildman–Crippen LogP) is 2.01. The van der Waals surface area contributed by atoms with Gasteiger partial charge in [-0.1, -0.05) is 12.1 Å². The first kappa shape index (κ1) is 17.7. The first-order chi connectivity index (χ1) is 12.7. The van der Waals surface area contributed by atoms with Crippen LogP contribution >= 0.6 is 0 Å². The maximum atomic E-state index is 12.6. The van der Waals surface area contributed by atoms with E-state index in [-0.39, 0.29) is 5.91 Å². The van der Waals surface area contributed by atoms with E-state index in [1.165, 1.54) is 0 Å². The third-order valence-electron chi connectivity index (χ3n) is 4.24. The van der Waals surface area contributed by atoms with E-state index in [1.54, 1.807) is 23.2 Å². The minimum atomic E-state index is -0.287. The summed E-state index contributed by atoms with van der Waals surface area (Å²) in [6.45, 7) is 5.24. The van der Waals surface area contributed by atoms with Gasteiger partial charge in [-0.3, -0.25) is 14.6 Å². The van der Waals surface area contributed by atoms with Gasteiger partial charge in [0.15, 0.2) is 0 Å². The van der Waals surface area contributed by atoms with Crippen molar-refractivity contribution >= 4 is 23.7 Å². The lowest BCUT2D eigenvalue weighted by Gasteiger charge is -2.34. The van der Waals surface area contributed by atoms with Gasteiger partial charge in [0, 0.05) is 38.1 Å². The number of hydrogen-bond donors (Lipinski definition) is 1. The molecule has 1 aliphatic rings. The number of hydrogen-bond acceptors (Lipinski definition) is 5. The number of piperazine rings is 1. The molecule has 7 heteroatoms. The largest absolute Gasteiger partial charge is 0.492 e. The molecule has 1 N–H and O–H groups in total. The van der Waals surface area contributed by atoms with Crippen LogP contribution in [0.25, 0.3) is 0 Å². The second kappa shape index (κ2) is 8.33. The van der Waals surface area contributed by atoms with Crippen molar-refractivity contribution in [3.05, 3.63) is 48.3 Å². The summed E-state index contributed by atoms with van der Waals surface area (Å²) >= 11 is 0. The molecule has 0 bridgehead atoms. The zero-order valence-electron chi connectivity index (χ0n) is 14.7. The zero-order chi connectivity index (χ0) is 18.4. The van der Waals surface area contributed by atoms with E-state index < -0.39 is 0 Å². The Hall–Kier alpha value is -3.09. The number of aromatic nitrogens is 1. The number of carbonyl (C=O) groups excluding carboxylic acids is 2. The van der Waals surface area contributed by atoms with E-state index in [1.807, 2.05) is 31.2 Å². The van der Waals surface area contributed by atoms with Crippen molar-refractivity contribution in [2.45, 2.75) is 6.92 Å². The highest BCUT2D eigenvalue weighted by Crippen LogP contribution is 2.24. The quantitative estimate of drug-likeness (QED) is 0.803. The van der Waals surface area contributed by atoms with Crippen LogP contribution in [0.15, 0.2) is 42.6 Å². The smallest absolute Gasteiger partial charge is 0.274 e. The molecular weight excluding hydrogens is 332 g/mol. The van der Waals surface area contributed by atoms with Crippen molar-refractivity contribution in [3.8, 4) is 5.75 Å². The Balaban J connectivity index is 1.72. The Morgan fingerprint density at radius 2 is 2.00 bits per heavy atom. The van der Waals surface area contributed by atoms with Gasteiger partial charge in [-0.05, 0) is 31.2 Å². The number of anilines is 2. The van der Waals surface area contributed by atoms with Crippen LogP contribution in [0.4, 0.5) is 11.4 Å². The third-order valence-corrected chi connectivity index (χ3v) is 4.24. The van der Waals surface area contributed by atoms with Crippen LogP contribution in [0.3, 0.4) is 0 Å². The number of rotatable bonds is 6. The highest BCUT2D eigenvalue weighted by molar-refractivity contribution is 6.04. The summed E-state index contributed by atoms with van der Waals surface area (Å²) in [6.07, 6.45) is 2.50. The van der Waals surface area contributed by atoms with Gasteiger partial charge in [-0.25, -0.2) is 0 Å². The topological polar surface area (TPSA) is 74.8 Å². The predicted molar refractivity (Wildman–Crippen MR) is 99.7 cm³/mol. The highest BCUT2D eigenvalue weighted by atomic mass is 16.5. The minimum Gasteiger partial charge on any atom is -0.492 e. The van der Waals surface area contributed by atoms with E-state index in [4.69, 9.17) is 4.74 Å². The molecule has 2 amide bonds. The van der Waals surface area contributed by atoms with Gasteiger partial charge in [0.2, 0.25) is 6.41 Å². The molecular formula is C19H22N4O3. The average Bonchev–Trinajstić information content (AvgIpc) is 2.70. The molecule has 1 aromatic carbocycles. The molecule has 7 nitrogen and oxygen atoms in total. The molecule has 0 radical (unpaired) electrons. The van der Waals surface area contributed by atoms with E-state index in [9.17, 15) is 9.59 Å². The number of pyridine rings is 1. The number of amides is 2. The van der Waals surface area contributed by atoms with Gasteiger partial charge in [-0.2, -0.15) is 0 Å². The fourth-order valence-corrected chi connectivity index (χ4v) is 2.86. The molecule has 136 valence electrons. The molecule has 0 unspecified atom stereocenters. The van der Waals surface area contributed by atoms with Crippen LogP contribution in [0.1, 0.15) is 17.4 Å². The molecule has 2 aromatic rings. The first-order valence-electron chi connectivity index (χ1n) is 8.64. The van der Waals surface area contributed by atoms with Crippen molar-refractivity contribution < 1.29 is 14.3 Å². The van der Waals surface area contributed by atoms with Crippen LogP contribution in [-0.4, -0.2) is 55.0 Å². The highest BCUT2D eigenvalue weighted by Gasteiger charge is 2.18. The number of nitrogens with zero attached hydrogens (tertiary/aromatic N) is 3. The van der Waals surface area contributed by atoms with Crippen molar-refractivity contribution in [2.75, 3.05) is 43.0 Å². The molecule has 26 heavy (non-hydrogen) atoms. The molecule has 1 aliphatic heterocycles. The van der Waals surface area contributed by atoms with E-state index >= 15 is 0 Å². The summed E-state index contributed by atoms with van der Waals surface area (Å²) in [5.74, 6) is 0.343. The Labute approximate surface area is 152 Å². The number of ether oxygens (including phenoxy) is 1.